The number of nitrogens with one attached hydrogen (secondary N) is 1. The summed E-state index contributed by atoms with van der Waals surface area (Å²) in [6.45, 7) is 6.44. The zero-order valence-electron chi connectivity index (χ0n) is 13.4. The Bertz CT molecular complexity index is 397. The lowest BCUT2D eigenvalue weighted by molar-refractivity contribution is -0.134. The van der Waals surface area contributed by atoms with Crippen LogP contribution in [0.2, 0.25) is 0 Å². The quantitative estimate of drug-likeness (QED) is 0.770. The van der Waals surface area contributed by atoms with Gasteiger partial charge < -0.3 is 10.2 Å². The van der Waals surface area contributed by atoms with Crippen LogP contribution < -0.4 is 5.32 Å². The third kappa shape index (κ3) is 4.68. The van der Waals surface area contributed by atoms with Crippen LogP contribution >= 0.6 is 0 Å². The first-order chi connectivity index (χ1) is 10.7. The van der Waals surface area contributed by atoms with Crippen LogP contribution in [-0.4, -0.2) is 84.9 Å². The van der Waals surface area contributed by atoms with Crippen LogP contribution in [0.3, 0.4) is 0 Å². The van der Waals surface area contributed by atoms with E-state index in [1.807, 2.05) is 4.90 Å². The van der Waals surface area contributed by atoms with Crippen molar-refractivity contribution in [2.75, 3.05) is 52.4 Å². The summed E-state index contributed by atoms with van der Waals surface area (Å²) in [6, 6.07) is 0.441. The van der Waals surface area contributed by atoms with Gasteiger partial charge in [-0.3, -0.25) is 19.4 Å². The molecule has 0 aromatic rings. The molecule has 3 fully saturated rings. The zero-order chi connectivity index (χ0) is 15.4. The van der Waals surface area contributed by atoms with Crippen molar-refractivity contribution in [3.8, 4) is 0 Å². The molecule has 124 valence electrons. The van der Waals surface area contributed by atoms with Gasteiger partial charge in [0, 0.05) is 45.3 Å². The van der Waals surface area contributed by atoms with Crippen LogP contribution in [0, 0.1) is 0 Å². The number of carbonyl (C=O) groups is 2. The molecule has 6 nitrogen and oxygen atoms in total. The van der Waals surface area contributed by atoms with Crippen LogP contribution in [0.4, 0.5) is 0 Å². The van der Waals surface area contributed by atoms with Gasteiger partial charge in [0.2, 0.25) is 11.8 Å². The van der Waals surface area contributed by atoms with E-state index in [-0.39, 0.29) is 11.8 Å². The third-order valence-corrected chi connectivity index (χ3v) is 4.84. The van der Waals surface area contributed by atoms with Crippen molar-refractivity contribution in [3.05, 3.63) is 0 Å². The summed E-state index contributed by atoms with van der Waals surface area (Å²) in [5.41, 5.74) is 0. The molecule has 0 aromatic carbocycles. The molecular formula is C16H28N4O2. The Balaban J connectivity index is 1.34. The van der Waals surface area contributed by atoms with Crippen LogP contribution in [0.5, 0.6) is 0 Å². The fourth-order valence-electron chi connectivity index (χ4n) is 3.24. The monoisotopic (exact) mass is 308 g/mol. The van der Waals surface area contributed by atoms with Crippen molar-refractivity contribution in [1.29, 1.82) is 0 Å². The second kappa shape index (κ2) is 7.42. The normalized spacial score (nSPS) is 24.3. The predicted molar refractivity (Wildman–Crippen MR) is 84.5 cm³/mol. The summed E-state index contributed by atoms with van der Waals surface area (Å²) in [7, 11) is 0. The van der Waals surface area contributed by atoms with E-state index in [2.05, 4.69) is 15.1 Å². The standard InChI is InChI=1S/C16H28N4O2/c21-15(17-14-4-5-14)12-18-8-10-19(11-9-18)13-16(22)20-6-2-1-3-7-20/h14H,1-13H2,(H,17,21). The highest BCUT2D eigenvalue weighted by molar-refractivity contribution is 5.79. The Hall–Kier alpha value is -1.14. The highest BCUT2D eigenvalue weighted by Crippen LogP contribution is 2.18. The smallest absolute Gasteiger partial charge is 0.236 e. The van der Waals surface area contributed by atoms with Crippen LogP contribution in [0.15, 0.2) is 0 Å². The first kappa shape index (κ1) is 15.7. The van der Waals surface area contributed by atoms with Gasteiger partial charge in [-0.25, -0.2) is 0 Å². The minimum absolute atomic E-state index is 0.153. The molecular weight excluding hydrogens is 280 g/mol. The number of rotatable bonds is 5. The molecule has 2 aliphatic heterocycles. The lowest BCUT2D eigenvalue weighted by Crippen LogP contribution is -2.52. The van der Waals surface area contributed by atoms with E-state index >= 15 is 0 Å². The van der Waals surface area contributed by atoms with Crippen LogP contribution in [0.25, 0.3) is 0 Å². The molecule has 3 aliphatic rings. The van der Waals surface area contributed by atoms with E-state index in [0.717, 1.165) is 65.0 Å². The summed E-state index contributed by atoms with van der Waals surface area (Å²) in [4.78, 5) is 30.5. The molecule has 0 aromatic heterocycles. The van der Waals surface area contributed by atoms with Gasteiger partial charge in [0.1, 0.15) is 0 Å². The van der Waals surface area contributed by atoms with Crippen molar-refractivity contribution < 1.29 is 9.59 Å². The SMILES string of the molecule is O=C(CN1CCN(CC(=O)N2CCCCC2)CC1)NC1CC1. The lowest BCUT2D eigenvalue weighted by atomic mass is 10.1. The van der Waals surface area contributed by atoms with Gasteiger partial charge in [-0.1, -0.05) is 0 Å². The van der Waals surface area contributed by atoms with E-state index in [1.165, 1.54) is 6.42 Å². The molecule has 1 saturated carbocycles. The van der Waals surface area contributed by atoms with Crippen molar-refractivity contribution in [1.82, 2.24) is 20.0 Å². The van der Waals surface area contributed by atoms with Gasteiger partial charge in [0.05, 0.1) is 13.1 Å². The molecule has 22 heavy (non-hydrogen) atoms. The molecule has 2 heterocycles. The number of piperazine rings is 1. The Morgan fingerprint density at radius 2 is 1.41 bits per heavy atom. The van der Waals surface area contributed by atoms with E-state index in [9.17, 15) is 9.59 Å². The number of hydrogen-bond acceptors (Lipinski definition) is 4. The van der Waals surface area contributed by atoms with Gasteiger partial charge >= 0.3 is 0 Å². The summed E-state index contributed by atoms with van der Waals surface area (Å²) in [6.07, 6.45) is 5.83. The molecule has 1 N–H and O–H groups in total. The highest BCUT2D eigenvalue weighted by Gasteiger charge is 2.26. The average molecular weight is 308 g/mol. The molecule has 6 heteroatoms. The van der Waals surface area contributed by atoms with Crippen molar-refractivity contribution >= 4 is 11.8 Å². The topological polar surface area (TPSA) is 55.9 Å². The second-order valence-electron chi connectivity index (χ2n) is 6.84. The van der Waals surface area contributed by atoms with E-state index < -0.39 is 0 Å². The summed E-state index contributed by atoms with van der Waals surface area (Å²) >= 11 is 0. The second-order valence-corrected chi connectivity index (χ2v) is 6.84. The van der Waals surface area contributed by atoms with Gasteiger partial charge in [0.25, 0.3) is 0 Å². The number of amides is 2. The van der Waals surface area contributed by atoms with Crippen molar-refractivity contribution in [2.24, 2.45) is 0 Å². The number of carbonyl (C=O) groups excluding carboxylic acids is 2. The molecule has 0 atom stereocenters. The van der Waals surface area contributed by atoms with E-state index in [1.54, 1.807) is 0 Å². The number of nitrogens with zero attached hydrogens (tertiary/aromatic N) is 3. The molecule has 0 spiro atoms. The van der Waals surface area contributed by atoms with E-state index in [0.29, 0.717) is 19.1 Å². The lowest BCUT2D eigenvalue weighted by Gasteiger charge is -2.35. The zero-order valence-corrected chi connectivity index (χ0v) is 13.4. The number of piperidine rings is 1. The average Bonchev–Trinajstić information content (AvgIpc) is 3.34. The van der Waals surface area contributed by atoms with Crippen LogP contribution in [-0.2, 0) is 9.59 Å². The van der Waals surface area contributed by atoms with E-state index in [4.69, 9.17) is 0 Å². The van der Waals surface area contributed by atoms with Crippen LogP contribution in [0.1, 0.15) is 32.1 Å². The van der Waals surface area contributed by atoms with Crippen molar-refractivity contribution in [3.63, 3.8) is 0 Å². The number of hydrogen-bond donors (Lipinski definition) is 1. The maximum absolute atomic E-state index is 12.3. The summed E-state index contributed by atoms with van der Waals surface area (Å²) in [5.74, 6) is 0.431. The Morgan fingerprint density at radius 3 is 2.00 bits per heavy atom. The fraction of sp³-hybridized carbons (Fsp3) is 0.875. The first-order valence-corrected chi connectivity index (χ1v) is 8.72. The van der Waals surface area contributed by atoms with Gasteiger partial charge in [-0.15, -0.1) is 0 Å². The Labute approximate surface area is 132 Å². The maximum atomic E-state index is 12.3. The molecule has 0 unspecified atom stereocenters. The Kier molecular flexibility index (Phi) is 5.31. The maximum Gasteiger partial charge on any atom is 0.236 e. The number of likely N-dealkylation sites (tertiary alicyclic amines) is 1. The van der Waals surface area contributed by atoms with Gasteiger partial charge in [0.15, 0.2) is 0 Å². The third-order valence-electron chi connectivity index (χ3n) is 4.84. The molecule has 2 saturated heterocycles. The first-order valence-electron chi connectivity index (χ1n) is 8.72. The van der Waals surface area contributed by atoms with Gasteiger partial charge in [-0.05, 0) is 32.1 Å². The minimum atomic E-state index is 0.153. The molecule has 0 bridgehead atoms. The molecule has 1 aliphatic carbocycles. The largest absolute Gasteiger partial charge is 0.352 e. The predicted octanol–water partition coefficient (Wildman–Crippen LogP) is -0.105. The van der Waals surface area contributed by atoms with Crippen molar-refractivity contribution in [2.45, 2.75) is 38.1 Å². The fourth-order valence-corrected chi connectivity index (χ4v) is 3.24. The molecule has 2 amide bonds. The molecule has 3 rings (SSSR count). The molecule has 0 radical (unpaired) electrons. The summed E-state index contributed by atoms with van der Waals surface area (Å²) in [5, 5.41) is 3.03. The minimum Gasteiger partial charge on any atom is -0.352 e. The summed E-state index contributed by atoms with van der Waals surface area (Å²) < 4.78 is 0. The highest BCUT2D eigenvalue weighted by atomic mass is 16.2. The Morgan fingerprint density at radius 1 is 0.818 bits per heavy atom. The van der Waals surface area contributed by atoms with Gasteiger partial charge in [-0.2, -0.15) is 0 Å².